The highest BCUT2D eigenvalue weighted by Gasteiger charge is 2.22. The van der Waals surface area contributed by atoms with Crippen LogP contribution in [0.5, 0.6) is 5.75 Å². The van der Waals surface area contributed by atoms with Gasteiger partial charge in [0.05, 0.1) is 13.0 Å². The quantitative estimate of drug-likeness (QED) is 0.882. The zero-order chi connectivity index (χ0) is 12.3. The van der Waals surface area contributed by atoms with Crippen molar-refractivity contribution in [3.8, 4) is 5.75 Å². The Labute approximate surface area is 100.0 Å². The van der Waals surface area contributed by atoms with E-state index in [0.29, 0.717) is 22.8 Å². The summed E-state index contributed by atoms with van der Waals surface area (Å²) in [6.07, 6.45) is 0.502. The van der Waals surface area contributed by atoms with Gasteiger partial charge in [0.25, 0.3) is 0 Å². The second-order valence-electron chi connectivity index (χ2n) is 3.65. The first kappa shape index (κ1) is 12.8. The van der Waals surface area contributed by atoms with Crippen LogP contribution in [0.1, 0.15) is 30.4 Å². The zero-order valence-corrected chi connectivity index (χ0v) is 10.3. The molecule has 0 bridgehead atoms. The van der Waals surface area contributed by atoms with Crippen LogP contribution in [-0.2, 0) is 4.79 Å². The molecule has 0 spiro atoms. The van der Waals surface area contributed by atoms with Gasteiger partial charge < -0.3 is 9.84 Å². The van der Waals surface area contributed by atoms with Crippen LogP contribution in [0.25, 0.3) is 0 Å². The maximum Gasteiger partial charge on any atom is 0.311 e. The largest absolute Gasteiger partial charge is 0.497 e. The summed E-state index contributed by atoms with van der Waals surface area (Å²) < 4.78 is 5.11. The van der Waals surface area contributed by atoms with Crippen LogP contribution in [0.15, 0.2) is 12.1 Å². The fourth-order valence-electron chi connectivity index (χ4n) is 1.66. The van der Waals surface area contributed by atoms with Crippen LogP contribution in [0, 0.1) is 6.92 Å². The number of aryl methyl sites for hydroxylation is 1. The second kappa shape index (κ2) is 5.21. The van der Waals surface area contributed by atoms with Crippen molar-refractivity contribution in [2.24, 2.45) is 0 Å². The molecule has 1 N–H and O–H groups in total. The van der Waals surface area contributed by atoms with Gasteiger partial charge in [0.2, 0.25) is 0 Å². The van der Waals surface area contributed by atoms with Crippen molar-refractivity contribution in [1.29, 1.82) is 0 Å². The van der Waals surface area contributed by atoms with Crippen LogP contribution in [0.3, 0.4) is 0 Å². The van der Waals surface area contributed by atoms with E-state index in [2.05, 4.69) is 0 Å². The molecule has 1 aromatic carbocycles. The third kappa shape index (κ3) is 2.47. The number of carboxylic acid groups (broad SMARTS) is 1. The first-order valence-electron chi connectivity index (χ1n) is 5.08. The molecule has 1 aromatic rings. The van der Waals surface area contributed by atoms with Crippen LogP contribution >= 0.6 is 11.6 Å². The monoisotopic (exact) mass is 242 g/mol. The molecule has 0 aliphatic carbocycles. The van der Waals surface area contributed by atoms with Gasteiger partial charge in [0, 0.05) is 5.02 Å². The van der Waals surface area contributed by atoms with Gasteiger partial charge in [0.1, 0.15) is 5.75 Å². The predicted molar refractivity (Wildman–Crippen MR) is 63.4 cm³/mol. The van der Waals surface area contributed by atoms with E-state index in [-0.39, 0.29) is 0 Å². The van der Waals surface area contributed by atoms with E-state index in [1.807, 2.05) is 13.8 Å². The molecule has 0 radical (unpaired) electrons. The molecule has 1 atom stereocenters. The summed E-state index contributed by atoms with van der Waals surface area (Å²) in [6.45, 7) is 3.66. The Morgan fingerprint density at radius 3 is 2.62 bits per heavy atom. The zero-order valence-electron chi connectivity index (χ0n) is 9.58. The lowest BCUT2D eigenvalue weighted by Crippen LogP contribution is -2.11. The Kier molecular flexibility index (Phi) is 4.19. The van der Waals surface area contributed by atoms with E-state index >= 15 is 0 Å². The van der Waals surface area contributed by atoms with E-state index in [1.54, 1.807) is 19.2 Å². The Balaban J connectivity index is 3.30. The van der Waals surface area contributed by atoms with Crippen molar-refractivity contribution in [1.82, 2.24) is 0 Å². The third-order valence-electron chi connectivity index (χ3n) is 2.57. The molecule has 1 unspecified atom stereocenters. The minimum Gasteiger partial charge on any atom is -0.497 e. The number of carboxylic acids is 1. The topological polar surface area (TPSA) is 46.5 Å². The number of hydrogen-bond donors (Lipinski definition) is 1. The fraction of sp³-hybridized carbons (Fsp3) is 0.417. The van der Waals surface area contributed by atoms with Crippen molar-refractivity contribution < 1.29 is 14.6 Å². The van der Waals surface area contributed by atoms with E-state index in [0.717, 1.165) is 5.56 Å². The summed E-state index contributed by atoms with van der Waals surface area (Å²) in [7, 11) is 1.55. The minimum atomic E-state index is -0.864. The molecule has 3 nitrogen and oxygen atoms in total. The lowest BCUT2D eigenvalue weighted by molar-refractivity contribution is -0.138. The van der Waals surface area contributed by atoms with E-state index in [9.17, 15) is 4.79 Å². The predicted octanol–water partition coefficient (Wildman–Crippen LogP) is 3.24. The van der Waals surface area contributed by atoms with Gasteiger partial charge in [-0.15, -0.1) is 0 Å². The van der Waals surface area contributed by atoms with Crippen molar-refractivity contribution in [3.63, 3.8) is 0 Å². The van der Waals surface area contributed by atoms with Crippen LogP contribution in [0.2, 0.25) is 5.02 Å². The third-order valence-corrected chi connectivity index (χ3v) is 3.09. The van der Waals surface area contributed by atoms with E-state index in [4.69, 9.17) is 21.4 Å². The summed E-state index contributed by atoms with van der Waals surface area (Å²) in [5, 5.41) is 9.62. The lowest BCUT2D eigenvalue weighted by atomic mass is 9.95. The lowest BCUT2D eigenvalue weighted by Gasteiger charge is -2.15. The van der Waals surface area contributed by atoms with Gasteiger partial charge in [-0.25, -0.2) is 0 Å². The number of rotatable bonds is 4. The number of halogens is 1. The molecule has 1 rings (SSSR count). The normalized spacial score (nSPS) is 12.2. The molecule has 88 valence electrons. The summed E-state index contributed by atoms with van der Waals surface area (Å²) in [5.74, 6) is -0.810. The Bertz CT molecular complexity index is 401. The van der Waals surface area contributed by atoms with Crippen LogP contribution in [-0.4, -0.2) is 18.2 Å². The minimum absolute atomic E-state index is 0.502. The number of hydrogen-bond acceptors (Lipinski definition) is 2. The van der Waals surface area contributed by atoms with Crippen molar-refractivity contribution >= 4 is 17.6 Å². The van der Waals surface area contributed by atoms with Crippen LogP contribution in [0.4, 0.5) is 0 Å². The molecular formula is C12H15ClO3. The van der Waals surface area contributed by atoms with Crippen molar-refractivity contribution in [3.05, 3.63) is 28.3 Å². The number of ether oxygens (including phenoxy) is 1. The molecule has 0 aliphatic heterocycles. The maximum atomic E-state index is 11.1. The number of methoxy groups -OCH3 is 1. The molecule has 0 amide bonds. The molecular weight excluding hydrogens is 228 g/mol. The average molecular weight is 243 g/mol. The summed E-state index contributed by atoms with van der Waals surface area (Å²) in [6, 6.07) is 3.48. The van der Waals surface area contributed by atoms with Gasteiger partial charge in [-0.2, -0.15) is 0 Å². The molecule has 0 heterocycles. The average Bonchev–Trinajstić information content (AvgIpc) is 2.24. The molecule has 16 heavy (non-hydrogen) atoms. The Morgan fingerprint density at radius 1 is 1.56 bits per heavy atom. The van der Waals surface area contributed by atoms with Gasteiger partial charge in [-0.05, 0) is 36.6 Å². The van der Waals surface area contributed by atoms with Gasteiger partial charge >= 0.3 is 5.97 Å². The fourth-order valence-corrected chi connectivity index (χ4v) is 1.90. The molecule has 0 fully saturated rings. The maximum absolute atomic E-state index is 11.1. The van der Waals surface area contributed by atoms with E-state index in [1.165, 1.54) is 0 Å². The smallest absolute Gasteiger partial charge is 0.311 e. The van der Waals surface area contributed by atoms with E-state index < -0.39 is 11.9 Å². The Morgan fingerprint density at radius 2 is 2.19 bits per heavy atom. The second-order valence-corrected chi connectivity index (χ2v) is 4.02. The first-order valence-corrected chi connectivity index (χ1v) is 5.45. The molecule has 0 aliphatic rings. The number of aliphatic carboxylic acids is 1. The molecule has 0 aromatic heterocycles. The van der Waals surface area contributed by atoms with Gasteiger partial charge in [0.15, 0.2) is 0 Å². The number of benzene rings is 1. The summed E-state index contributed by atoms with van der Waals surface area (Å²) in [4.78, 5) is 11.1. The number of carbonyl (C=O) groups is 1. The molecule has 0 saturated heterocycles. The highest BCUT2D eigenvalue weighted by atomic mass is 35.5. The summed E-state index contributed by atoms with van der Waals surface area (Å²) in [5.41, 5.74) is 1.45. The van der Waals surface area contributed by atoms with Crippen molar-refractivity contribution in [2.45, 2.75) is 26.2 Å². The van der Waals surface area contributed by atoms with Gasteiger partial charge in [-0.3, -0.25) is 4.79 Å². The standard InChI is InChI=1S/C12H15ClO3/c1-4-9(12(14)15)10-6-8(16-3)5-7(2)11(10)13/h5-6,9H,4H2,1-3H3,(H,14,15). The summed E-state index contributed by atoms with van der Waals surface area (Å²) >= 11 is 6.12. The van der Waals surface area contributed by atoms with Crippen molar-refractivity contribution in [2.75, 3.05) is 7.11 Å². The van der Waals surface area contributed by atoms with Gasteiger partial charge in [-0.1, -0.05) is 18.5 Å². The highest BCUT2D eigenvalue weighted by molar-refractivity contribution is 6.32. The highest BCUT2D eigenvalue weighted by Crippen LogP contribution is 2.33. The molecule has 4 heteroatoms. The molecule has 0 saturated carbocycles. The SMILES string of the molecule is CCC(C(=O)O)c1cc(OC)cc(C)c1Cl. The van der Waals surface area contributed by atoms with Crippen LogP contribution < -0.4 is 4.74 Å². The first-order chi connectivity index (χ1) is 7.51. The Hall–Kier alpha value is -1.22.